The molecule has 0 bridgehead atoms. The first kappa shape index (κ1) is 15.3. The first-order valence-corrected chi connectivity index (χ1v) is 7.62. The first-order chi connectivity index (χ1) is 9.52. The summed E-state index contributed by atoms with van der Waals surface area (Å²) in [5.41, 5.74) is 7.20. The summed E-state index contributed by atoms with van der Waals surface area (Å²) in [5, 5.41) is 0. The first-order valence-electron chi connectivity index (χ1n) is 7.62. The van der Waals surface area contributed by atoms with Crippen molar-refractivity contribution in [3.63, 3.8) is 0 Å². The van der Waals surface area contributed by atoms with Crippen LogP contribution >= 0.6 is 0 Å². The molecular weight excluding hydrogens is 253 g/mol. The van der Waals surface area contributed by atoms with Crippen LogP contribution in [0.1, 0.15) is 51.1 Å². The maximum absolute atomic E-state index is 13.5. The minimum absolute atomic E-state index is 0.131. The van der Waals surface area contributed by atoms with E-state index in [1.165, 1.54) is 25.0 Å². The molecule has 1 aromatic carbocycles. The highest BCUT2D eigenvalue weighted by Gasteiger charge is 2.29. The van der Waals surface area contributed by atoms with Crippen LogP contribution < -0.4 is 10.5 Å². The molecule has 1 fully saturated rings. The lowest BCUT2D eigenvalue weighted by Crippen LogP contribution is -2.28. The van der Waals surface area contributed by atoms with Crippen LogP contribution in [0.3, 0.4) is 0 Å². The van der Waals surface area contributed by atoms with Gasteiger partial charge in [0, 0.05) is 11.6 Å². The fourth-order valence-corrected chi connectivity index (χ4v) is 3.39. The second kappa shape index (κ2) is 6.57. The summed E-state index contributed by atoms with van der Waals surface area (Å²) < 4.78 is 18.8. The minimum Gasteiger partial charge on any atom is -0.496 e. The van der Waals surface area contributed by atoms with E-state index >= 15 is 0 Å². The molecule has 0 aliphatic heterocycles. The monoisotopic (exact) mass is 279 g/mol. The van der Waals surface area contributed by atoms with Crippen LogP contribution in [0.5, 0.6) is 5.75 Å². The van der Waals surface area contributed by atoms with Crippen LogP contribution in [-0.4, -0.2) is 7.11 Å². The summed E-state index contributed by atoms with van der Waals surface area (Å²) in [4.78, 5) is 0. The van der Waals surface area contributed by atoms with Crippen molar-refractivity contribution in [3.8, 4) is 5.75 Å². The number of benzene rings is 1. The third-order valence-electron chi connectivity index (χ3n) is 4.82. The van der Waals surface area contributed by atoms with E-state index in [1.807, 2.05) is 0 Å². The zero-order chi connectivity index (χ0) is 14.7. The van der Waals surface area contributed by atoms with Crippen molar-refractivity contribution < 1.29 is 9.13 Å². The van der Waals surface area contributed by atoms with Crippen molar-refractivity contribution in [2.75, 3.05) is 7.11 Å². The van der Waals surface area contributed by atoms with Gasteiger partial charge in [-0.2, -0.15) is 0 Å². The largest absolute Gasteiger partial charge is 0.496 e. The second-order valence-corrected chi connectivity index (χ2v) is 6.33. The summed E-state index contributed by atoms with van der Waals surface area (Å²) >= 11 is 0. The molecule has 1 unspecified atom stereocenters. The molecule has 0 spiro atoms. The van der Waals surface area contributed by atoms with Gasteiger partial charge in [-0.15, -0.1) is 0 Å². The summed E-state index contributed by atoms with van der Waals surface area (Å²) in [6.07, 6.45) is 4.72. The summed E-state index contributed by atoms with van der Waals surface area (Å²) in [7, 11) is 1.61. The Morgan fingerprint density at radius 3 is 2.30 bits per heavy atom. The van der Waals surface area contributed by atoms with Crippen molar-refractivity contribution in [3.05, 3.63) is 29.6 Å². The molecule has 1 saturated carbocycles. The number of ether oxygens (including phenoxy) is 1. The highest BCUT2D eigenvalue weighted by Crippen LogP contribution is 2.40. The molecule has 3 heteroatoms. The van der Waals surface area contributed by atoms with Gasteiger partial charge in [-0.05, 0) is 61.6 Å². The van der Waals surface area contributed by atoms with Gasteiger partial charge in [-0.25, -0.2) is 4.39 Å². The molecule has 0 saturated heterocycles. The molecule has 1 aliphatic rings. The van der Waals surface area contributed by atoms with E-state index in [0.29, 0.717) is 11.7 Å². The van der Waals surface area contributed by atoms with Crippen molar-refractivity contribution in [2.24, 2.45) is 23.5 Å². The molecule has 0 amide bonds. The molecule has 0 heterocycles. The molecular formula is C17H26FNO. The lowest BCUT2D eigenvalue weighted by molar-refractivity contribution is 0.202. The van der Waals surface area contributed by atoms with Crippen LogP contribution in [-0.2, 0) is 0 Å². The van der Waals surface area contributed by atoms with Gasteiger partial charge in [0.15, 0.2) is 0 Å². The number of nitrogens with two attached hydrogens (primary N) is 1. The maximum atomic E-state index is 13.5. The standard InChI is InChI=1S/C17H26FNO/c1-11(2)12-4-6-13(7-5-12)17(19)15-10-14(18)8-9-16(15)20-3/h8-13,17H,4-7,19H2,1-3H3. The van der Waals surface area contributed by atoms with E-state index in [2.05, 4.69) is 13.8 Å². The average molecular weight is 279 g/mol. The van der Waals surface area contributed by atoms with Crippen LogP contribution in [0.25, 0.3) is 0 Å². The van der Waals surface area contributed by atoms with E-state index in [9.17, 15) is 4.39 Å². The SMILES string of the molecule is COc1ccc(F)cc1C(N)C1CCC(C(C)C)CC1. The van der Waals surface area contributed by atoms with Crippen LogP contribution in [0.4, 0.5) is 4.39 Å². The predicted octanol–water partition coefficient (Wildman–Crippen LogP) is 4.30. The zero-order valence-corrected chi connectivity index (χ0v) is 12.7. The Morgan fingerprint density at radius 2 is 1.75 bits per heavy atom. The molecule has 1 atom stereocenters. The minimum atomic E-state index is -0.243. The van der Waals surface area contributed by atoms with Gasteiger partial charge >= 0.3 is 0 Å². The molecule has 2 nitrogen and oxygen atoms in total. The maximum Gasteiger partial charge on any atom is 0.123 e. The van der Waals surface area contributed by atoms with Crippen molar-refractivity contribution in [2.45, 2.75) is 45.6 Å². The van der Waals surface area contributed by atoms with Gasteiger partial charge in [0.2, 0.25) is 0 Å². The van der Waals surface area contributed by atoms with Crippen molar-refractivity contribution in [1.82, 2.24) is 0 Å². The number of hydrogen-bond acceptors (Lipinski definition) is 2. The number of hydrogen-bond donors (Lipinski definition) is 1. The van der Waals surface area contributed by atoms with Crippen molar-refractivity contribution >= 4 is 0 Å². The van der Waals surface area contributed by atoms with Crippen LogP contribution in [0, 0.1) is 23.6 Å². The van der Waals surface area contributed by atoms with Crippen LogP contribution in [0.2, 0.25) is 0 Å². The molecule has 112 valence electrons. The average Bonchev–Trinajstić information content (AvgIpc) is 2.46. The summed E-state index contributed by atoms with van der Waals surface area (Å²) in [6.45, 7) is 4.58. The number of halogens is 1. The van der Waals surface area contributed by atoms with E-state index in [-0.39, 0.29) is 11.9 Å². The van der Waals surface area contributed by atoms with Gasteiger partial charge < -0.3 is 10.5 Å². The third kappa shape index (κ3) is 3.32. The fraction of sp³-hybridized carbons (Fsp3) is 0.647. The molecule has 2 N–H and O–H groups in total. The molecule has 1 aliphatic carbocycles. The topological polar surface area (TPSA) is 35.2 Å². The molecule has 20 heavy (non-hydrogen) atoms. The highest BCUT2D eigenvalue weighted by molar-refractivity contribution is 5.36. The zero-order valence-electron chi connectivity index (χ0n) is 12.7. The van der Waals surface area contributed by atoms with E-state index in [4.69, 9.17) is 10.5 Å². The molecule has 1 aromatic rings. The molecule has 0 aromatic heterocycles. The van der Waals surface area contributed by atoms with Crippen LogP contribution in [0.15, 0.2) is 18.2 Å². The van der Waals surface area contributed by atoms with Gasteiger partial charge in [0.1, 0.15) is 11.6 Å². The number of rotatable bonds is 4. The van der Waals surface area contributed by atoms with Gasteiger partial charge in [0.05, 0.1) is 7.11 Å². The third-order valence-corrected chi connectivity index (χ3v) is 4.82. The smallest absolute Gasteiger partial charge is 0.123 e. The quantitative estimate of drug-likeness (QED) is 0.892. The van der Waals surface area contributed by atoms with E-state index in [0.717, 1.165) is 30.2 Å². The van der Waals surface area contributed by atoms with Gasteiger partial charge in [0.25, 0.3) is 0 Å². The Kier molecular flexibility index (Phi) is 5.03. The lowest BCUT2D eigenvalue weighted by Gasteiger charge is -2.34. The fourth-order valence-electron chi connectivity index (χ4n) is 3.39. The Morgan fingerprint density at radius 1 is 1.15 bits per heavy atom. The predicted molar refractivity (Wildman–Crippen MR) is 80.2 cm³/mol. The Bertz CT molecular complexity index is 439. The van der Waals surface area contributed by atoms with Gasteiger partial charge in [-0.1, -0.05) is 13.8 Å². The Hall–Kier alpha value is -1.09. The van der Waals surface area contributed by atoms with E-state index in [1.54, 1.807) is 13.2 Å². The van der Waals surface area contributed by atoms with E-state index < -0.39 is 0 Å². The molecule has 0 radical (unpaired) electrons. The molecule has 2 rings (SSSR count). The van der Waals surface area contributed by atoms with Crippen molar-refractivity contribution in [1.29, 1.82) is 0 Å². The van der Waals surface area contributed by atoms with Gasteiger partial charge in [-0.3, -0.25) is 0 Å². The second-order valence-electron chi connectivity index (χ2n) is 6.33. The normalized spacial score (nSPS) is 24.7. The number of methoxy groups -OCH3 is 1. The highest BCUT2D eigenvalue weighted by atomic mass is 19.1. The summed E-state index contributed by atoms with van der Waals surface area (Å²) in [6, 6.07) is 4.49. The Labute approximate surface area is 121 Å². The lowest BCUT2D eigenvalue weighted by atomic mass is 9.73. The summed E-state index contributed by atoms with van der Waals surface area (Å²) in [5.74, 6) is 2.45. The Balaban J connectivity index is 2.09.